The molecule has 1 aromatic heterocycles. The number of carbonyl (C=O) groups excluding carboxylic acids is 1. The molecule has 0 unspecified atom stereocenters. The summed E-state index contributed by atoms with van der Waals surface area (Å²) in [5.41, 5.74) is 2.12. The van der Waals surface area contributed by atoms with Gasteiger partial charge in [-0.3, -0.25) is 14.2 Å². The molecule has 6 nitrogen and oxygen atoms in total. The highest BCUT2D eigenvalue weighted by molar-refractivity contribution is 7.99. The quantitative estimate of drug-likeness (QED) is 0.278. The van der Waals surface area contributed by atoms with Crippen molar-refractivity contribution < 1.29 is 13.9 Å². The van der Waals surface area contributed by atoms with E-state index in [-0.39, 0.29) is 29.1 Å². The molecule has 2 heterocycles. The van der Waals surface area contributed by atoms with E-state index < -0.39 is 0 Å². The third-order valence-corrected chi connectivity index (χ3v) is 6.83. The molecule has 174 valence electrons. The minimum absolute atomic E-state index is 0.0222. The number of ether oxygens (including phenoxy) is 1. The number of nitrogens with zero attached hydrogens (tertiary/aromatic N) is 3. The number of aryl methyl sites for hydroxylation is 1. The number of halogens is 1. The lowest BCUT2D eigenvalue weighted by atomic mass is 9.96. The first-order valence-corrected chi connectivity index (χ1v) is 12.3. The Hall–Kier alpha value is -2.71. The summed E-state index contributed by atoms with van der Waals surface area (Å²) < 4.78 is 20.8. The van der Waals surface area contributed by atoms with Gasteiger partial charge in [0.1, 0.15) is 5.82 Å². The molecule has 0 fully saturated rings. The summed E-state index contributed by atoms with van der Waals surface area (Å²) in [4.78, 5) is 32.9. The zero-order chi connectivity index (χ0) is 23.4. The second kappa shape index (κ2) is 10.5. The number of carbonyl (C=O) groups is 1. The van der Waals surface area contributed by atoms with E-state index in [0.29, 0.717) is 42.2 Å². The van der Waals surface area contributed by atoms with Gasteiger partial charge in [-0.2, -0.15) is 0 Å². The van der Waals surface area contributed by atoms with E-state index in [4.69, 9.17) is 9.72 Å². The molecule has 33 heavy (non-hydrogen) atoms. The van der Waals surface area contributed by atoms with Gasteiger partial charge in [0.2, 0.25) is 5.91 Å². The van der Waals surface area contributed by atoms with Crippen molar-refractivity contribution in [3.05, 3.63) is 64.2 Å². The van der Waals surface area contributed by atoms with Crippen LogP contribution in [-0.2, 0) is 22.5 Å². The number of hydrogen-bond acceptors (Lipinski definition) is 5. The Morgan fingerprint density at radius 2 is 2.09 bits per heavy atom. The van der Waals surface area contributed by atoms with Crippen LogP contribution in [0.25, 0.3) is 10.9 Å². The van der Waals surface area contributed by atoms with Crippen LogP contribution in [0.5, 0.6) is 0 Å². The van der Waals surface area contributed by atoms with Crippen LogP contribution >= 0.6 is 11.8 Å². The summed E-state index contributed by atoms with van der Waals surface area (Å²) in [5.74, 6) is -0.234. The van der Waals surface area contributed by atoms with Crippen molar-refractivity contribution in [2.24, 2.45) is 0 Å². The lowest BCUT2D eigenvalue weighted by molar-refractivity contribution is -0.116. The van der Waals surface area contributed by atoms with Crippen molar-refractivity contribution in [2.75, 3.05) is 23.9 Å². The van der Waals surface area contributed by atoms with Crippen LogP contribution in [0.1, 0.15) is 32.3 Å². The largest absolute Gasteiger partial charge is 0.382 e. The van der Waals surface area contributed by atoms with E-state index in [0.717, 1.165) is 24.1 Å². The minimum Gasteiger partial charge on any atom is -0.382 e. The van der Waals surface area contributed by atoms with Gasteiger partial charge < -0.3 is 9.64 Å². The van der Waals surface area contributed by atoms with Crippen LogP contribution in [0, 0.1) is 5.82 Å². The first-order chi connectivity index (χ1) is 16.0. The smallest absolute Gasteiger partial charge is 0.262 e. The fraction of sp³-hybridized carbons (Fsp3) is 0.400. The molecule has 8 heteroatoms. The first kappa shape index (κ1) is 23.4. The Labute approximate surface area is 196 Å². The van der Waals surface area contributed by atoms with Crippen LogP contribution in [-0.4, -0.2) is 40.5 Å². The Kier molecular flexibility index (Phi) is 7.45. The SMILES string of the molecule is CCOCCCn1c(SCC(=O)N2c3ccc(F)cc3CC[C@H]2C)nc2ccccc2c1=O. The summed E-state index contributed by atoms with van der Waals surface area (Å²) in [5, 5.41) is 1.08. The van der Waals surface area contributed by atoms with Gasteiger partial charge in [0.05, 0.1) is 16.7 Å². The molecule has 1 atom stereocenters. The maximum atomic E-state index is 13.7. The summed E-state index contributed by atoms with van der Waals surface area (Å²) in [6, 6.07) is 11.9. The van der Waals surface area contributed by atoms with Crippen molar-refractivity contribution in [2.45, 2.75) is 50.9 Å². The molecule has 2 aromatic carbocycles. The van der Waals surface area contributed by atoms with Gasteiger partial charge in [-0.05, 0) is 69.0 Å². The number of aromatic nitrogens is 2. The van der Waals surface area contributed by atoms with Crippen LogP contribution in [0.4, 0.5) is 10.1 Å². The molecule has 1 aliphatic heterocycles. The molecule has 3 aromatic rings. The van der Waals surface area contributed by atoms with E-state index in [2.05, 4.69) is 0 Å². The van der Waals surface area contributed by atoms with Gasteiger partial charge in [-0.1, -0.05) is 23.9 Å². The van der Waals surface area contributed by atoms with Gasteiger partial charge >= 0.3 is 0 Å². The number of para-hydroxylation sites is 1. The number of rotatable bonds is 8. The standard InChI is InChI=1S/C25H28FN3O3S/c1-3-32-14-6-13-28-24(31)20-7-4-5-8-21(20)27-25(28)33-16-23(30)29-17(2)9-10-18-15-19(26)11-12-22(18)29/h4-5,7-8,11-12,15,17H,3,6,9-10,13-14,16H2,1-2H3/t17-/m1/s1. The van der Waals surface area contributed by atoms with E-state index in [1.807, 2.05) is 32.0 Å². The summed E-state index contributed by atoms with van der Waals surface area (Å²) in [6.45, 7) is 5.59. The maximum absolute atomic E-state index is 13.7. The number of thioether (sulfide) groups is 1. The molecule has 0 spiro atoms. The zero-order valence-corrected chi connectivity index (χ0v) is 19.7. The lowest BCUT2D eigenvalue weighted by Crippen LogP contribution is -2.43. The molecule has 0 saturated carbocycles. The Morgan fingerprint density at radius 1 is 1.27 bits per heavy atom. The van der Waals surface area contributed by atoms with Gasteiger partial charge in [-0.25, -0.2) is 9.37 Å². The summed E-state index contributed by atoms with van der Waals surface area (Å²) in [6.07, 6.45) is 2.21. The van der Waals surface area contributed by atoms with Crippen LogP contribution < -0.4 is 10.5 Å². The average molecular weight is 470 g/mol. The molecule has 1 amide bonds. The van der Waals surface area contributed by atoms with E-state index >= 15 is 0 Å². The van der Waals surface area contributed by atoms with Crippen LogP contribution in [0.3, 0.4) is 0 Å². The summed E-state index contributed by atoms with van der Waals surface area (Å²) in [7, 11) is 0. The first-order valence-electron chi connectivity index (χ1n) is 11.3. The van der Waals surface area contributed by atoms with Gasteiger partial charge in [0.15, 0.2) is 5.16 Å². The molecular formula is C25H28FN3O3S. The van der Waals surface area contributed by atoms with Crippen molar-refractivity contribution in [1.82, 2.24) is 9.55 Å². The Bertz CT molecular complexity index is 1210. The van der Waals surface area contributed by atoms with Crippen molar-refractivity contribution in [3.8, 4) is 0 Å². The third kappa shape index (κ3) is 5.12. The van der Waals surface area contributed by atoms with Crippen molar-refractivity contribution in [3.63, 3.8) is 0 Å². The second-order valence-corrected chi connectivity index (χ2v) is 9.07. The highest BCUT2D eigenvalue weighted by Crippen LogP contribution is 2.32. The summed E-state index contributed by atoms with van der Waals surface area (Å²) >= 11 is 1.27. The average Bonchev–Trinajstić information content (AvgIpc) is 2.81. The topological polar surface area (TPSA) is 64.4 Å². The molecule has 0 radical (unpaired) electrons. The predicted molar refractivity (Wildman–Crippen MR) is 130 cm³/mol. The van der Waals surface area contributed by atoms with E-state index in [1.165, 1.54) is 23.9 Å². The van der Waals surface area contributed by atoms with E-state index in [1.54, 1.807) is 21.6 Å². The number of anilines is 1. The molecule has 0 bridgehead atoms. The molecule has 1 aliphatic rings. The zero-order valence-electron chi connectivity index (χ0n) is 18.9. The highest BCUT2D eigenvalue weighted by atomic mass is 32.2. The molecule has 0 N–H and O–H groups in total. The van der Waals surface area contributed by atoms with Crippen LogP contribution in [0.15, 0.2) is 52.4 Å². The fourth-order valence-electron chi connectivity index (χ4n) is 4.22. The van der Waals surface area contributed by atoms with E-state index in [9.17, 15) is 14.0 Å². The lowest BCUT2D eigenvalue weighted by Gasteiger charge is -2.35. The Balaban J connectivity index is 1.58. The maximum Gasteiger partial charge on any atom is 0.262 e. The number of hydrogen-bond donors (Lipinski definition) is 0. The Morgan fingerprint density at radius 3 is 2.91 bits per heavy atom. The number of amides is 1. The third-order valence-electron chi connectivity index (χ3n) is 5.87. The molecule has 0 saturated heterocycles. The van der Waals surface area contributed by atoms with Crippen molar-refractivity contribution >= 4 is 34.3 Å². The normalized spacial score (nSPS) is 15.6. The number of fused-ring (bicyclic) bond motifs is 2. The van der Waals surface area contributed by atoms with Gasteiger partial charge in [0.25, 0.3) is 5.56 Å². The van der Waals surface area contributed by atoms with Crippen molar-refractivity contribution in [1.29, 1.82) is 0 Å². The fourth-order valence-corrected chi connectivity index (χ4v) is 5.10. The molecule has 4 rings (SSSR count). The predicted octanol–water partition coefficient (Wildman–Crippen LogP) is 4.42. The molecular weight excluding hydrogens is 441 g/mol. The highest BCUT2D eigenvalue weighted by Gasteiger charge is 2.28. The van der Waals surface area contributed by atoms with Crippen LogP contribution in [0.2, 0.25) is 0 Å². The number of benzene rings is 2. The molecule has 0 aliphatic carbocycles. The van der Waals surface area contributed by atoms with Gasteiger partial charge in [0, 0.05) is 31.5 Å². The second-order valence-electron chi connectivity index (χ2n) is 8.13. The monoisotopic (exact) mass is 469 g/mol. The van der Waals surface area contributed by atoms with Gasteiger partial charge in [-0.15, -0.1) is 0 Å². The minimum atomic E-state index is -0.290.